The molecule has 1 aromatic rings. The third-order valence-corrected chi connectivity index (χ3v) is 4.73. The topological polar surface area (TPSA) is 54.3 Å². The van der Waals surface area contributed by atoms with Crippen molar-refractivity contribution in [3.05, 3.63) is 22.4 Å². The van der Waals surface area contributed by atoms with Gasteiger partial charge in [0.15, 0.2) is 0 Å². The summed E-state index contributed by atoms with van der Waals surface area (Å²) in [5.41, 5.74) is 0.704. The molecule has 0 radical (unpaired) electrons. The molecule has 1 N–H and O–H groups in total. The zero-order chi connectivity index (χ0) is 14.3. The Morgan fingerprint density at radius 1 is 1.45 bits per heavy atom. The molecule has 3 heterocycles. The number of amides is 2. The number of rotatable bonds is 1. The number of aromatic nitrogens is 1. The second kappa shape index (κ2) is 5.24. The average molecular weight is 340 g/mol. The maximum absolute atomic E-state index is 12.6. The highest BCUT2D eigenvalue weighted by atomic mass is 79.9. The minimum absolute atomic E-state index is 0.0774. The first-order valence-corrected chi connectivity index (χ1v) is 7.74. The maximum atomic E-state index is 12.6. The van der Waals surface area contributed by atoms with Crippen molar-refractivity contribution in [2.75, 3.05) is 13.1 Å². The number of piperidine rings is 2. The molecular weight excluding hydrogens is 322 g/mol. The van der Waals surface area contributed by atoms with Gasteiger partial charge in [-0.05, 0) is 40.8 Å². The molecule has 3 rings (SSSR count). The molecule has 5 nitrogen and oxygen atoms in total. The number of carbonyl (C=O) groups excluding carboxylic acids is 2. The molecule has 0 aromatic carbocycles. The fourth-order valence-electron chi connectivity index (χ4n) is 3.19. The van der Waals surface area contributed by atoms with Gasteiger partial charge in [0.05, 0.1) is 0 Å². The Labute approximate surface area is 126 Å². The van der Waals surface area contributed by atoms with E-state index in [1.165, 1.54) is 0 Å². The molecule has 0 bridgehead atoms. The van der Waals surface area contributed by atoms with Gasteiger partial charge in [-0.25, -0.2) is 0 Å². The Balaban J connectivity index is 1.71. The van der Waals surface area contributed by atoms with Crippen LogP contribution in [0.3, 0.4) is 0 Å². The minimum atomic E-state index is 0.0774. The van der Waals surface area contributed by atoms with Crippen LogP contribution in [0.1, 0.15) is 29.8 Å². The first kappa shape index (κ1) is 13.7. The molecular formula is C14H18BrN3O2. The number of fused-ring (bicyclic) bond motifs is 1. The Morgan fingerprint density at radius 2 is 2.25 bits per heavy atom. The third kappa shape index (κ3) is 2.49. The van der Waals surface area contributed by atoms with E-state index in [4.69, 9.17) is 0 Å². The normalized spacial score (nSPS) is 26.1. The number of hydrogen-bond acceptors (Lipinski definition) is 2. The highest BCUT2D eigenvalue weighted by Crippen LogP contribution is 2.26. The largest absolute Gasteiger partial charge is 0.353 e. The zero-order valence-corrected chi connectivity index (χ0v) is 13.0. The number of nitrogens with zero attached hydrogens (tertiary/aromatic N) is 2. The molecule has 2 unspecified atom stereocenters. The molecule has 6 heteroatoms. The van der Waals surface area contributed by atoms with Crippen LogP contribution in [0.5, 0.6) is 0 Å². The van der Waals surface area contributed by atoms with Crippen molar-refractivity contribution < 1.29 is 9.59 Å². The number of halogens is 1. The number of likely N-dealkylation sites (tertiary alicyclic amines) is 1. The summed E-state index contributed by atoms with van der Waals surface area (Å²) in [5.74, 6) is 0.625. The maximum Gasteiger partial charge on any atom is 0.270 e. The van der Waals surface area contributed by atoms with E-state index in [0.29, 0.717) is 24.6 Å². The molecule has 2 saturated heterocycles. The monoisotopic (exact) mass is 339 g/mol. The summed E-state index contributed by atoms with van der Waals surface area (Å²) in [6.45, 7) is 1.45. The molecule has 2 aliphatic rings. The molecule has 0 saturated carbocycles. The third-order valence-electron chi connectivity index (χ3n) is 4.30. The van der Waals surface area contributed by atoms with Crippen molar-refractivity contribution >= 4 is 27.7 Å². The zero-order valence-electron chi connectivity index (χ0n) is 11.4. The lowest BCUT2D eigenvalue weighted by Crippen LogP contribution is -2.55. The molecule has 0 spiro atoms. The minimum Gasteiger partial charge on any atom is -0.353 e. The summed E-state index contributed by atoms with van der Waals surface area (Å²) in [6, 6.07) is 2.11. The SMILES string of the molecule is Cn1cc(Br)cc1C(=O)N1CCC2NC(=O)CCC2C1. The summed E-state index contributed by atoms with van der Waals surface area (Å²) in [4.78, 5) is 25.9. The van der Waals surface area contributed by atoms with Gasteiger partial charge in [-0.3, -0.25) is 9.59 Å². The van der Waals surface area contributed by atoms with Gasteiger partial charge in [0.2, 0.25) is 5.91 Å². The molecule has 2 atom stereocenters. The smallest absolute Gasteiger partial charge is 0.270 e. The summed E-state index contributed by atoms with van der Waals surface area (Å²) in [7, 11) is 1.88. The summed E-state index contributed by atoms with van der Waals surface area (Å²) >= 11 is 3.40. The van der Waals surface area contributed by atoms with Crippen molar-refractivity contribution in [3.63, 3.8) is 0 Å². The number of aryl methyl sites for hydroxylation is 1. The van der Waals surface area contributed by atoms with E-state index >= 15 is 0 Å². The fraction of sp³-hybridized carbons (Fsp3) is 0.571. The van der Waals surface area contributed by atoms with E-state index in [-0.39, 0.29) is 17.9 Å². The number of hydrogen-bond donors (Lipinski definition) is 1. The van der Waals surface area contributed by atoms with E-state index in [1.807, 2.05) is 28.8 Å². The van der Waals surface area contributed by atoms with Gasteiger partial charge < -0.3 is 14.8 Å². The van der Waals surface area contributed by atoms with E-state index in [1.54, 1.807) is 0 Å². The van der Waals surface area contributed by atoms with Crippen LogP contribution in [0.4, 0.5) is 0 Å². The Hall–Kier alpha value is -1.30. The molecule has 1 aromatic heterocycles. The van der Waals surface area contributed by atoms with Gasteiger partial charge in [0, 0.05) is 43.3 Å². The van der Waals surface area contributed by atoms with Gasteiger partial charge in [0.25, 0.3) is 5.91 Å². The molecule has 0 aliphatic carbocycles. The average Bonchev–Trinajstić information content (AvgIpc) is 2.76. The number of carbonyl (C=O) groups is 2. The van der Waals surface area contributed by atoms with Crippen molar-refractivity contribution in [3.8, 4) is 0 Å². The van der Waals surface area contributed by atoms with E-state index in [0.717, 1.165) is 23.9 Å². The summed E-state index contributed by atoms with van der Waals surface area (Å²) in [5, 5.41) is 3.04. The van der Waals surface area contributed by atoms with Gasteiger partial charge in [-0.1, -0.05) is 0 Å². The van der Waals surface area contributed by atoms with Gasteiger partial charge in [-0.15, -0.1) is 0 Å². The predicted octanol–water partition coefficient (Wildman–Crippen LogP) is 1.53. The molecule has 2 aliphatic heterocycles. The molecule has 2 fully saturated rings. The van der Waals surface area contributed by atoms with Crippen LogP contribution in [-0.2, 0) is 11.8 Å². The van der Waals surface area contributed by atoms with Crippen LogP contribution in [-0.4, -0.2) is 40.4 Å². The highest BCUT2D eigenvalue weighted by Gasteiger charge is 2.35. The van der Waals surface area contributed by atoms with Crippen LogP contribution < -0.4 is 5.32 Å². The standard InChI is InChI=1S/C14H18BrN3O2/c1-17-8-10(15)6-12(17)14(20)18-5-4-11-9(7-18)2-3-13(19)16-11/h6,8-9,11H,2-5,7H2,1H3,(H,16,19). The Morgan fingerprint density at radius 3 is 2.95 bits per heavy atom. The second-order valence-corrected chi connectivity index (χ2v) is 6.58. The van der Waals surface area contributed by atoms with Crippen LogP contribution in [0.2, 0.25) is 0 Å². The summed E-state index contributed by atoms with van der Waals surface area (Å²) < 4.78 is 2.77. The first-order chi connectivity index (χ1) is 9.54. The molecule has 108 valence electrons. The van der Waals surface area contributed by atoms with E-state index in [2.05, 4.69) is 21.2 Å². The Bertz CT molecular complexity index is 555. The van der Waals surface area contributed by atoms with Crippen LogP contribution in [0.15, 0.2) is 16.7 Å². The van der Waals surface area contributed by atoms with Crippen molar-refractivity contribution in [1.29, 1.82) is 0 Å². The lowest BCUT2D eigenvalue weighted by molar-refractivity contribution is -0.125. The first-order valence-electron chi connectivity index (χ1n) is 6.95. The van der Waals surface area contributed by atoms with Crippen molar-refractivity contribution in [1.82, 2.24) is 14.8 Å². The van der Waals surface area contributed by atoms with E-state index in [9.17, 15) is 9.59 Å². The van der Waals surface area contributed by atoms with Crippen molar-refractivity contribution in [2.24, 2.45) is 13.0 Å². The number of nitrogens with one attached hydrogen (secondary N) is 1. The highest BCUT2D eigenvalue weighted by molar-refractivity contribution is 9.10. The second-order valence-electron chi connectivity index (χ2n) is 5.67. The van der Waals surface area contributed by atoms with Crippen LogP contribution >= 0.6 is 15.9 Å². The quantitative estimate of drug-likeness (QED) is 0.843. The van der Waals surface area contributed by atoms with Gasteiger partial charge in [0.1, 0.15) is 5.69 Å². The lowest BCUT2D eigenvalue weighted by atomic mass is 9.85. The van der Waals surface area contributed by atoms with Gasteiger partial charge in [-0.2, -0.15) is 0 Å². The predicted molar refractivity (Wildman–Crippen MR) is 78.3 cm³/mol. The van der Waals surface area contributed by atoms with E-state index < -0.39 is 0 Å². The van der Waals surface area contributed by atoms with Crippen LogP contribution in [0.25, 0.3) is 0 Å². The molecule has 20 heavy (non-hydrogen) atoms. The van der Waals surface area contributed by atoms with Gasteiger partial charge >= 0.3 is 0 Å². The fourth-order valence-corrected chi connectivity index (χ4v) is 3.72. The van der Waals surface area contributed by atoms with Crippen LogP contribution in [0, 0.1) is 5.92 Å². The molecule has 2 amide bonds. The Kier molecular flexibility index (Phi) is 3.58. The lowest BCUT2D eigenvalue weighted by Gasteiger charge is -2.41. The van der Waals surface area contributed by atoms with Crippen molar-refractivity contribution in [2.45, 2.75) is 25.3 Å². The summed E-state index contributed by atoms with van der Waals surface area (Å²) in [6.07, 6.45) is 4.21.